The van der Waals surface area contributed by atoms with Crippen molar-refractivity contribution in [2.75, 3.05) is 13.1 Å². The molecule has 0 unspecified atom stereocenters. The van der Waals surface area contributed by atoms with Gasteiger partial charge in [0.15, 0.2) is 5.69 Å². The average Bonchev–Trinajstić information content (AvgIpc) is 2.71. The van der Waals surface area contributed by atoms with E-state index < -0.39 is 0 Å². The predicted molar refractivity (Wildman–Crippen MR) is 49.5 cm³/mol. The lowest BCUT2D eigenvalue weighted by Crippen LogP contribution is -2.42. The second-order valence-corrected chi connectivity index (χ2v) is 3.48. The summed E-state index contributed by atoms with van der Waals surface area (Å²) in [5, 5.41) is 9.78. The van der Waals surface area contributed by atoms with Gasteiger partial charge in [0, 0.05) is 19.1 Å². The molecule has 0 spiro atoms. The molecule has 2 heterocycles. The lowest BCUT2D eigenvalue weighted by atomic mass is 10.1. The van der Waals surface area contributed by atoms with E-state index in [9.17, 15) is 4.79 Å². The van der Waals surface area contributed by atoms with E-state index in [1.165, 1.54) is 6.20 Å². The number of H-pyrrole nitrogens is 1. The summed E-state index contributed by atoms with van der Waals surface area (Å²) in [4.78, 5) is 13.5. The topological polar surface area (TPSA) is 87.9 Å². The Morgan fingerprint density at radius 2 is 2.29 bits per heavy atom. The molecule has 76 valence electrons. The fourth-order valence-corrected chi connectivity index (χ4v) is 1.57. The average molecular weight is 195 g/mol. The molecular weight excluding hydrogens is 182 g/mol. The van der Waals surface area contributed by atoms with Crippen LogP contribution in [0.25, 0.3) is 0 Å². The largest absolute Gasteiger partial charge is 0.337 e. The Kier molecular flexibility index (Phi) is 2.45. The third kappa shape index (κ3) is 1.74. The molecule has 1 saturated heterocycles. The number of nitrogens with one attached hydrogen (secondary N) is 1. The monoisotopic (exact) mass is 195 g/mol. The molecule has 1 amide bonds. The Morgan fingerprint density at radius 1 is 1.57 bits per heavy atom. The van der Waals surface area contributed by atoms with Crippen molar-refractivity contribution in [3.63, 3.8) is 0 Å². The molecule has 0 aliphatic carbocycles. The van der Waals surface area contributed by atoms with Crippen LogP contribution in [-0.4, -0.2) is 45.3 Å². The third-order valence-electron chi connectivity index (χ3n) is 2.46. The molecule has 1 aromatic rings. The number of amides is 1. The molecule has 14 heavy (non-hydrogen) atoms. The minimum absolute atomic E-state index is 0.0642. The smallest absolute Gasteiger partial charge is 0.276 e. The maximum Gasteiger partial charge on any atom is 0.276 e. The summed E-state index contributed by atoms with van der Waals surface area (Å²) >= 11 is 0. The van der Waals surface area contributed by atoms with E-state index in [2.05, 4.69) is 15.4 Å². The SMILES string of the molecule is NC1CCN(C(=O)c2cn[nH]n2)CC1. The van der Waals surface area contributed by atoms with Crippen LogP contribution in [0.1, 0.15) is 23.3 Å². The lowest BCUT2D eigenvalue weighted by molar-refractivity contribution is 0.0708. The van der Waals surface area contributed by atoms with E-state index in [-0.39, 0.29) is 11.9 Å². The van der Waals surface area contributed by atoms with E-state index >= 15 is 0 Å². The Morgan fingerprint density at radius 3 is 2.86 bits per heavy atom. The Balaban J connectivity index is 1.99. The summed E-state index contributed by atoms with van der Waals surface area (Å²) in [6, 6.07) is 0.233. The molecule has 6 heteroatoms. The number of nitrogens with zero attached hydrogens (tertiary/aromatic N) is 3. The first-order valence-corrected chi connectivity index (χ1v) is 4.68. The van der Waals surface area contributed by atoms with E-state index in [1.54, 1.807) is 4.90 Å². The highest BCUT2D eigenvalue weighted by atomic mass is 16.2. The first-order chi connectivity index (χ1) is 6.77. The van der Waals surface area contributed by atoms with Gasteiger partial charge < -0.3 is 10.6 Å². The zero-order valence-electron chi connectivity index (χ0n) is 7.81. The van der Waals surface area contributed by atoms with Crippen LogP contribution in [-0.2, 0) is 0 Å². The maximum absolute atomic E-state index is 11.7. The quantitative estimate of drug-likeness (QED) is 0.624. The zero-order valence-corrected chi connectivity index (χ0v) is 7.81. The number of carbonyl (C=O) groups excluding carboxylic acids is 1. The van der Waals surface area contributed by atoms with Gasteiger partial charge in [-0.25, -0.2) is 0 Å². The van der Waals surface area contributed by atoms with Gasteiger partial charge in [0.25, 0.3) is 5.91 Å². The van der Waals surface area contributed by atoms with Gasteiger partial charge in [-0.05, 0) is 12.8 Å². The second kappa shape index (κ2) is 3.75. The van der Waals surface area contributed by atoms with Crippen molar-refractivity contribution in [3.05, 3.63) is 11.9 Å². The number of aromatic nitrogens is 3. The Bertz CT molecular complexity index is 302. The molecule has 1 aliphatic heterocycles. The van der Waals surface area contributed by atoms with E-state index in [0.29, 0.717) is 18.8 Å². The van der Waals surface area contributed by atoms with Crippen molar-refractivity contribution in [1.82, 2.24) is 20.3 Å². The van der Waals surface area contributed by atoms with Gasteiger partial charge in [-0.1, -0.05) is 0 Å². The molecule has 3 N–H and O–H groups in total. The fraction of sp³-hybridized carbons (Fsp3) is 0.625. The molecule has 0 saturated carbocycles. The van der Waals surface area contributed by atoms with Crippen molar-refractivity contribution in [3.8, 4) is 0 Å². The minimum Gasteiger partial charge on any atom is -0.337 e. The summed E-state index contributed by atoms with van der Waals surface area (Å²) in [5.41, 5.74) is 6.12. The zero-order chi connectivity index (χ0) is 9.97. The standard InChI is InChI=1S/C8H13N5O/c9-6-1-3-13(4-2-6)8(14)7-5-10-12-11-7/h5-6H,1-4,9H2,(H,10,11,12). The maximum atomic E-state index is 11.7. The summed E-state index contributed by atoms with van der Waals surface area (Å²) in [7, 11) is 0. The minimum atomic E-state index is -0.0642. The van der Waals surface area contributed by atoms with Gasteiger partial charge >= 0.3 is 0 Å². The molecule has 0 atom stereocenters. The predicted octanol–water partition coefficient (Wildman–Crippen LogP) is -0.632. The number of likely N-dealkylation sites (tertiary alicyclic amines) is 1. The molecule has 2 rings (SSSR count). The molecule has 1 aromatic heterocycles. The van der Waals surface area contributed by atoms with E-state index in [1.807, 2.05) is 0 Å². The highest BCUT2D eigenvalue weighted by molar-refractivity contribution is 5.91. The number of carbonyl (C=O) groups is 1. The number of nitrogens with two attached hydrogens (primary N) is 1. The van der Waals surface area contributed by atoms with Crippen LogP contribution in [0.2, 0.25) is 0 Å². The molecule has 1 aliphatic rings. The van der Waals surface area contributed by atoms with Gasteiger partial charge in [0.05, 0.1) is 6.20 Å². The van der Waals surface area contributed by atoms with Crippen LogP contribution in [0.3, 0.4) is 0 Å². The van der Waals surface area contributed by atoms with E-state index in [4.69, 9.17) is 5.73 Å². The van der Waals surface area contributed by atoms with Gasteiger partial charge in [0.2, 0.25) is 0 Å². The number of piperidine rings is 1. The van der Waals surface area contributed by atoms with Crippen molar-refractivity contribution in [2.45, 2.75) is 18.9 Å². The molecule has 0 bridgehead atoms. The fourth-order valence-electron chi connectivity index (χ4n) is 1.57. The second-order valence-electron chi connectivity index (χ2n) is 3.48. The molecule has 1 fully saturated rings. The van der Waals surface area contributed by atoms with Crippen LogP contribution in [0.15, 0.2) is 6.20 Å². The summed E-state index contributed by atoms with van der Waals surface area (Å²) < 4.78 is 0. The van der Waals surface area contributed by atoms with Crippen molar-refractivity contribution >= 4 is 5.91 Å². The Labute approximate surface area is 81.5 Å². The lowest BCUT2D eigenvalue weighted by Gasteiger charge is -2.29. The number of hydrogen-bond donors (Lipinski definition) is 2. The van der Waals surface area contributed by atoms with Crippen molar-refractivity contribution in [1.29, 1.82) is 0 Å². The van der Waals surface area contributed by atoms with Gasteiger partial charge in [-0.3, -0.25) is 4.79 Å². The molecule has 0 radical (unpaired) electrons. The number of hydrogen-bond acceptors (Lipinski definition) is 4. The van der Waals surface area contributed by atoms with Crippen LogP contribution < -0.4 is 5.73 Å². The Hall–Kier alpha value is -1.43. The first-order valence-electron chi connectivity index (χ1n) is 4.68. The normalized spacial score (nSPS) is 18.5. The van der Waals surface area contributed by atoms with Gasteiger partial charge in [0.1, 0.15) is 0 Å². The number of aromatic amines is 1. The van der Waals surface area contributed by atoms with Gasteiger partial charge in [-0.2, -0.15) is 15.4 Å². The van der Waals surface area contributed by atoms with Crippen LogP contribution in [0.4, 0.5) is 0 Å². The highest BCUT2D eigenvalue weighted by Crippen LogP contribution is 2.10. The highest BCUT2D eigenvalue weighted by Gasteiger charge is 2.22. The van der Waals surface area contributed by atoms with Crippen molar-refractivity contribution < 1.29 is 4.79 Å². The van der Waals surface area contributed by atoms with Crippen molar-refractivity contribution in [2.24, 2.45) is 5.73 Å². The summed E-state index contributed by atoms with van der Waals surface area (Å²) in [6.45, 7) is 1.43. The molecular formula is C8H13N5O. The summed E-state index contributed by atoms with van der Waals surface area (Å²) in [6.07, 6.45) is 3.17. The van der Waals surface area contributed by atoms with E-state index in [0.717, 1.165) is 12.8 Å². The number of rotatable bonds is 1. The third-order valence-corrected chi connectivity index (χ3v) is 2.46. The summed E-state index contributed by atoms with van der Waals surface area (Å²) in [5.74, 6) is -0.0642. The first kappa shape index (κ1) is 9.14. The van der Waals surface area contributed by atoms with Crippen LogP contribution in [0, 0.1) is 0 Å². The molecule has 0 aromatic carbocycles. The van der Waals surface area contributed by atoms with Crippen LogP contribution in [0.5, 0.6) is 0 Å². The van der Waals surface area contributed by atoms with Gasteiger partial charge in [-0.15, -0.1) is 0 Å². The van der Waals surface area contributed by atoms with Crippen LogP contribution >= 0.6 is 0 Å². The molecule has 6 nitrogen and oxygen atoms in total.